The Bertz CT molecular complexity index is 403. The Morgan fingerprint density at radius 3 is 2.79 bits per heavy atom. The predicted octanol–water partition coefficient (Wildman–Crippen LogP) is 3.58. The number of likely N-dealkylation sites (tertiary alicyclic amines) is 1. The lowest BCUT2D eigenvalue weighted by Gasteiger charge is -2.27. The third-order valence-electron chi connectivity index (χ3n) is 4.71. The highest BCUT2D eigenvalue weighted by Gasteiger charge is 2.36. The fraction of sp³-hybridized carbons (Fsp3) is 0.625. The zero-order valence-electron chi connectivity index (χ0n) is 11.6. The molecular weight excluding hydrogens is 300 g/mol. The molecule has 2 aliphatic heterocycles. The average Bonchev–Trinajstić information content (AvgIpc) is 2.85. The van der Waals surface area contributed by atoms with Crippen LogP contribution >= 0.6 is 15.9 Å². The molecule has 2 saturated heterocycles. The van der Waals surface area contributed by atoms with Gasteiger partial charge in [-0.15, -0.1) is 0 Å². The Kier molecular flexibility index (Phi) is 4.25. The van der Waals surface area contributed by atoms with Gasteiger partial charge in [-0.05, 0) is 49.4 Å². The summed E-state index contributed by atoms with van der Waals surface area (Å²) in [6.07, 6.45) is 3.95. The first-order valence-corrected chi connectivity index (χ1v) is 8.30. The SMILES string of the molecule is CCC(c1ccc(Br)cc1)N1C[C@@H]2CCCN[C@@H]2C1. The van der Waals surface area contributed by atoms with Gasteiger partial charge in [-0.1, -0.05) is 35.0 Å². The standard InChI is InChI=1S/C16H23BrN2/c1-2-16(12-5-7-14(17)8-6-12)19-10-13-4-3-9-18-15(13)11-19/h5-8,13,15-16,18H,2-4,9-11H2,1H3/t13-,15+,16?/m0/s1. The monoisotopic (exact) mass is 322 g/mol. The fourth-order valence-electron chi connectivity index (χ4n) is 3.72. The van der Waals surface area contributed by atoms with Gasteiger partial charge in [0.1, 0.15) is 0 Å². The number of hydrogen-bond acceptors (Lipinski definition) is 2. The molecule has 0 bridgehead atoms. The number of piperidine rings is 1. The topological polar surface area (TPSA) is 15.3 Å². The summed E-state index contributed by atoms with van der Waals surface area (Å²) in [6, 6.07) is 10.2. The van der Waals surface area contributed by atoms with Crippen LogP contribution in [0.2, 0.25) is 0 Å². The van der Waals surface area contributed by atoms with Crippen molar-refractivity contribution in [1.82, 2.24) is 10.2 Å². The first kappa shape index (κ1) is 13.6. The highest BCUT2D eigenvalue weighted by Crippen LogP contribution is 2.33. The summed E-state index contributed by atoms with van der Waals surface area (Å²) in [5.41, 5.74) is 1.46. The van der Waals surface area contributed by atoms with Gasteiger partial charge >= 0.3 is 0 Å². The van der Waals surface area contributed by atoms with Crippen molar-refractivity contribution >= 4 is 15.9 Å². The second-order valence-corrected chi connectivity index (χ2v) is 6.81. The average molecular weight is 323 g/mol. The lowest BCUT2D eigenvalue weighted by Crippen LogP contribution is -2.40. The third kappa shape index (κ3) is 2.88. The molecule has 3 rings (SSSR count). The zero-order valence-corrected chi connectivity index (χ0v) is 13.2. The molecule has 1 aromatic rings. The van der Waals surface area contributed by atoms with Crippen molar-refractivity contribution in [3.63, 3.8) is 0 Å². The fourth-order valence-corrected chi connectivity index (χ4v) is 3.99. The number of fused-ring (bicyclic) bond motifs is 1. The summed E-state index contributed by atoms with van der Waals surface area (Å²) < 4.78 is 1.17. The van der Waals surface area contributed by atoms with Gasteiger partial charge in [-0.25, -0.2) is 0 Å². The van der Waals surface area contributed by atoms with Gasteiger partial charge in [0.05, 0.1) is 0 Å². The van der Waals surface area contributed by atoms with Gasteiger partial charge in [0, 0.05) is 29.6 Å². The molecule has 3 atom stereocenters. The van der Waals surface area contributed by atoms with E-state index < -0.39 is 0 Å². The van der Waals surface area contributed by atoms with E-state index >= 15 is 0 Å². The maximum Gasteiger partial charge on any atom is 0.0346 e. The number of nitrogens with zero attached hydrogens (tertiary/aromatic N) is 1. The first-order valence-electron chi connectivity index (χ1n) is 7.51. The molecule has 1 unspecified atom stereocenters. The Morgan fingerprint density at radius 1 is 1.32 bits per heavy atom. The molecule has 1 N–H and O–H groups in total. The van der Waals surface area contributed by atoms with E-state index in [4.69, 9.17) is 0 Å². The van der Waals surface area contributed by atoms with Gasteiger partial charge in [0.25, 0.3) is 0 Å². The Morgan fingerprint density at radius 2 is 2.11 bits per heavy atom. The van der Waals surface area contributed by atoms with Crippen LogP contribution in [0.4, 0.5) is 0 Å². The van der Waals surface area contributed by atoms with E-state index in [1.165, 1.54) is 48.9 Å². The molecule has 2 nitrogen and oxygen atoms in total. The van der Waals surface area contributed by atoms with Crippen LogP contribution in [0.25, 0.3) is 0 Å². The molecule has 1 aromatic carbocycles. The van der Waals surface area contributed by atoms with Crippen LogP contribution < -0.4 is 5.32 Å². The minimum absolute atomic E-state index is 0.584. The van der Waals surface area contributed by atoms with Crippen LogP contribution in [0.5, 0.6) is 0 Å². The van der Waals surface area contributed by atoms with Crippen LogP contribution in [0.15, 0.2) is 28.7 Å². The van der Waals surface area contributed by atoms with Crippen LogP contribution in [0.1, 0.15) is 37.8 Å². The second-order valence-electron chi connectivity index (χ2n) is 5.89. The van der Waals surface area contributed by atoms with Crippen molar-refractivity contribution in [2.24, 2.45) is 5.92 Å². The largest absolute Gasteiger partial charge is 0.312 e. The van der Waals surface area contributed by atoms with Crippen LogP contribution in [0, 0.1) is 5.92 Å². The molecule has 2 aliphatic rings. The minimum atomic E-state index is 0.584. The molecule has 2 heterocycles. The number of hydrogen-bond donors (Lipinski definition) is 1. The first-order chi connectivity index (χ1) is 9.28. The van der Waals surface area contributed by atoms with Crippen molar-refractivity contribution < 1.29 is 0 Å². The van der Waals surface area contributed by atoms with Crippen molar-refractivity contribution in [1.29, 1.82) is 0 Å². The molecule has 0 aliphatic carbocycles. The number of halogens is 1. The summed E-state index contributed by atoms with van der Waals surface area (Å²) in [5, 5.41) is 3.70. The lowest BCUT2D eigenvalue weighted by atomic mass is 9.94. The quantitative estimate of drug-likeness (QED) is 0.915. The van der Waals surface area contributed by atoms with E-state index in [-0.39, 0.29) is 0 Å². The number of nitrogens with one attached hydrogen (secondary N) is 1. The Balaban J connectivity index is 1.74. The molecule has 0 saturated carbocycles. The lowest BCUT2D eigenvalue weighted by molar-refractivity contribution is 0.228. The van der Waals surface area contributed by atoms with E-state index in [0.717, 1.165) is 12.0 Å². The molecular formula is C16H23BrN2. The van der Waals surface area contributed by atoms with E-state index in [1.807, 2.05) is 0 Å². The van der Waals surface area contributed by atoms with Crippen molar-refractivity contribution in [2.45, 2.75) is 38.3 Å². The second kappa shape index (κ2) is 5.94. The molecule has 0 radical (unpaired) electrons. The minimum Gasteiger partial charge on any atom is -0.312 e. The summed E-state index contributed by atoms with van der Waals surface area (Å²) in [6.45, 7) is 6.01. The molecule has 2 fully saturated rings. The summed E-state index contributed by atoms with van der Waals surface area (Å²) in [7, 11) is 0. The molecule has 0 amide bonds. The highest BCUT2D eigenvalue weighted by molar-refractivity contribution is 9.10. The zero-order chi connectivity index (χ0) is 13.2. The molecule has 19 heavy (non-hydrogen) atoms. The van der Waals surface area contributed by atoms with Crippen molar-refractivity contribution in [2.75, 3.05) is 19.6 Å². The van der Waals surface area contributed by atoms with Crippen LogP contribution in [-0.2, 0) is 0 Å². The predicted molar refractivity (Wildman–Crippen MR) is 83.3 cm³/mol. The van der Waals surface area contributed by atoms with E-state index in [1.54, 1.807) is 0 Å². The summed E-state index contributed by atoms with van der Waals surface area (Å²) >= 11 is 3.53. The van der Waals surface area contributed by atoms with Crippen LogP contribution in [-0.4, -0.2) is 30.6 Å². The molecule has 104 valence electrons. The van der Waals surface area contributed by atoms with Gasteiger partial charge < -0.3 is 5.32 Å². The third-order valence-corrected chi connectivity index (χ3v) is 5.24. The van der Waals surface area contributed by atoms with E-state index in [0.29, 0.717) is 6.04 Å². The van der Waals surface area contributed by atoms with Gasteiger partial charge in [-0.2, -0.15) is 0 Å². The maximum atomic E-state index is 3.70. The van der Waals surface area contributed by atoms with Gasteiger partial charge in [-0.3, -0.25) is 4.90 Å². The smallest absolute Gasteiger partial charge is 0.0346 e. The number of benzene rings is 1. The summed E-state index contributed by atoms with van der Waals surface area (Å²) in [4.78, 5) is 2.69. The van der Waals surface area contributed by atoms with Crippen LogP contribution in [0.3, 0.4) is 0 Å². The molecule has 0 aromatic heterocycles. The maximum absolute atomic E-state index is 3.70. The number of rotatable bonds is 3. The molecule has 0 spiro atoms. The summed E-state index contributed by atoms with van der Waals surface area (Å²) in [5.74, 6) is 0.873. The normalized spacial score (nSPS) is 29.2. The Labute approximate surface area is 124 Å². The van der Waals surface area contributed by atoms with E-state index in [2.05, 4.69) is 57.3 Å². The van der Waals surface area contributed by atoms with Crippen molar-refractivity contribution in [3.8, 4) is 0 Å². The van der Waals surface area contributed by atoms with E-state index in [9.17, 15) is 0 Å². The Hall–Kier alpha value is -0.380. The molecule has 3 heteroatoms. The van der Waals surface area contributed by atoms with Crippen molar-refractivity contribution in [3.05, 3.63) is 34.3 Å². The van der Waals surface area contributed by atoms with Gasteiger partial charge in [0.2, 0.25) is 0 Å². The highest BCUT2D eigenvalue weighted by atomic mass is 79.9. The van der Waals surface area contributed by atoms with Gasteiger partial charge in [0.15, 0.2) is 0 Å².